The number of ether oxygens (including phenoxy) is 1. The molecule has 0 spiro atoms. The molecule has 1 heterocycles. The first-order valence-corrected chi connectivity index (χ1v) is 4.57. The predicted octanol–water partition coefficient (Wildman–Crippen LogP) is 0.826. The van der Waals surface area contributed by atoms with Crippen LogP contribution in [-0.2, 0) is 4.74 Å². The molecule has 0 aliphatic carbocycles. The fourth-order valence-corrected chi connectivity index (χ4v) is 1.72. The Hall–Kier alpha value is -0.120. The third kappa shape index (κ3) is 1.97. The van der Waals surface area contributed by atoms with Crippen LogP contribution in [0.4, 0.5) is 0 Å². The first-order chi connectivity index (χ1) is 5.58. The van der Waals surface area contributed by atoms with Crippen LogP contribution in [0.15, 0.2) is 0 Å². The lowest BCUT2D eigenvalue weighted by molar-refractivity contribution is 0.0370. The van der Waals surface area contributed by atoms with Gasteiger partial charge in [-0.05, 0) is 27.2 Å². The van der Waals surface area contributed by atoms with Crippen LogP contribution in [0.5, 0.6) is 0 Å². The molecule has 0 saturated carbocycles. The van der Waals surface area contributed by atoms with Crippen molar-refractivity contribution in [1.29, 1.82) is 0 Å². The topological polar surface area (TPSA) is 32.7 Å². The van der Waals surface area contributed by atoms with Gasteiger partial charge in [-0.1, -0.05) is 0 Å². The van der Waals surface area contributed by atoms with E-state index in [-0.39, 0.29) is 18.4 Å². The zero-order chi connectivity index (χ0) is 9.19. The Morgan fingerprint density at radius 3 is 2.67 bits per heavy atom. The average molecular weight is 173 g/mol. The molecule has 12 heavy (non-hydrogen) atoms. The molecule has 3 nitrogen and oxygen atoms in total. The van der Waals surface area contributed by atoms with Gasteiger partial charge in [0.05, 0.1) is 6.61 Å². The van der Waals surface area contributed by atoms with E-state index < -0.39 is 0 Å². The molecule has 0 aromatic heterocycles. The van der Waals surface area contributed by atoms with Crippen LogP contribution in [0.1, 0.15) is 27.2 Å². The highest BCUT2D eigenvalue weighted by molar-refractivity contribution is 4.87. The predicted molar refractivity (Wildman–Crippen MR) is 47.9 cm³/mol. The van der Waals surface area contributed by atoms with Crippen LogP contribution in [-0.4, -0.2) is 41.5 Å². The summed E-state index contributed by atoms with van der Waals surface area (Å²) in [6.45, 7) is 8.39. The Labute approximate surface area is 74.3 Å². The molecule has 1 aliphatic heterocycles. The van der Waals surface area contributed by atoms with Crippen molar-refractivity contribution in [2.75, 3.05) is 19.8 Å². The number of rotatable bonds is 3. The standard InChI is InChI=1S/C9H19NO2/c1-8-10(5-4-6-11)9(2,3)7-12-8/h8,11H,4-7H2,1-3H3. The third-order valence-electron chi connectivity index (χ3n) is 2.45. The van der Waals surface area contributed by atoms with E-state index in [2.05, 4.69) is 25.7 Å². The van der Waals surface area contributed by atoms with Crippen molar-refractivity contribution >= 4 is 0 Å². The minimum absolute atomic E-state index is 0.134. The van der Waals surface area contributed by atoms with Crippen LogP contribution in [0.25, 0.3) is 0 Å². The fourth-order valence-electron chi connectivity index (χ4n) is 1.72. The van der Waals surface area contributed by atoms with Crippen molar-refractivity contribution in [1.82, 2.24) is 4.90 Å². The van der Waals surface area contributed by atoms with E-state index in [9.17, 15) is 0 Å². The van der Waals surface area contributed by atoms with Crippen molar-refractivity contribution < 1.29 is 9.84 Å². The first kappa shape index (κ1) is 9.96. The second-order valence-corrected chi connectivity index (χ2v) is 3.99. The number of aliphatic hydroxyl groups excluding tert-OH is 1. The van der Waals surface area contributed by atoms with Gasteiger partial charge < -0.3 is 9.84 Å². The second-order valence-electron chi connectivity index (χ2n) is 3.99. The Balaban J connectivity index is 2.47. The van der Waals surface area contributed by atoms with Crippen LogP contribution >= 0.6 is 0 Å². The van der Waals surface area contributed by atoms with Crippen LogP contribution in [0.2, 0.25) is 0 Å². The van der Waals surface area contributed by atoms with Gasteiger partial charge in [0.1, 0.15) is 6.23 Å². The van der Waals surface area contributed by atoms with Crippen molar-refractivity contribution in [2.45, 2.75) is 39.0 Å². The SMILES string of the molecule is CC1OCC(C)(C)N1CCCO. The summed E-state index contributed by atoms with van der Waals surface area (Å²) in [6, 6.07) is 0. The lowest BCUT2D eigenvalue weighted by Gasteiger charge is -2.31. The highest BCUT2D eigenvalue weighted by Crippen LogP contribution is 2.26. The second kappa shape index (κ2) is 3.73. The molecule has 1 fully saturated rings. The smallest absolute Gasteiger partial charge is 0.108 e. The summed E-state index contributed by atoms with van der Waals surface area (Å²) >= 11 is 0. The van der Waals surface area contributed by atoms with Gasteiger partial charge in [0.25, 0.3) is 0 Å². The molecule has 1 aliphatic rings. The molecule has 1 unspecified atom stereocenters. The molecule has 0 aromatic carbocycles. The molecule has 0 radical (unpaired) electrons. The maximum atomic E-state index is 8.72. The Morgan fingerprint density at radius 2 is 2.25 bits per heavy atom. The number of hydrogen-bond acceptors (Lipinski definition) is 3. The summed E-state index contributed by atoms with van der Waals surface area (Å²) in [5, 5.41) is 8.72. The van der Waals surface area contributed by atoms with Gasteiger partial charge in [-0.2, -0.15) is 0 Å². The third-order valence-corrected chi connectivity index (χ3v) is 2.45. The molecule has 72 valence electrons. The largest absolute Gasteiger partial charge is 0.396 e. The summed E-state index contributed by atoms with van der Waals surface area (Å²) in [6.07, 6.45) is 1.03. The van der Waals surface area contributed by atoms with Gasteiger partial charge in [0, 0.05) is 18.7 Å². The van der Waals surface area contributed by atoms with Gasteiger partial charge >= 0.3 is 0 Å². The molecule has 1 atom stereocenters. The Kier molecular flexibility index (Phi) is 3.09. The quantitative estimate of drug-likeness (QED) is 0.686. The highest BCUT2D eigenvalue weighted by Gasteiger charge is 2.37. The van der Waals surface area contributed by atoms with Gasteiger partial charge in [-0.15, -0.1) is 0 Å². The zero-order valence-electron chi connectivity index (χ0n) is 8.21. The van der Waals surface area contributed by atoms with Crippen molar-refractivity contribution in [3.63, 3.8) is 0 Å². The summed E-state index contributed by atoms with van der Waals surface area (Å²) in [4.78, 5) is 2.29. The maximum Gasteiger partial charge on any atom is 0.108 e. The van der Waals surface area contributed by atoms with E-state index in [1.54, 1.807) is 0 Å². The summed E-state index contributed by atoms with van der Waals surface area (Å²) in [5.41, 5.74) is 0.134. The number of hydrogen-bond donors (Lipinski definition) is 1. The monoisotopic (exact) mass is 173 g/mol. The van der Waals surface area contributed by atoms with Gasteiger partial charge in [-0.3, -0.25) is 4.90 Å². The molecule has 0 bridgehead atoms. The molecule has 0 aromatic rings. The molecule has 1 N–H and O–H groups in total. The van der Waals surface area contributed by atoms with Crippen LogP contribution in [0, 0.1) is 0 Å². The minimum atomic E-state index is 0.134. The van der Waals surface area contributed by atoms with E-state index >= 15 is 0 Å². The average Bonchev–Trinajstić information content (AvgIpc) is 2.24. The summed E-state index contributed by atoms with van der Waals surface area (Å²) in [5.74, 6) is 0. The maximum absolute atomic E-state index is 8.72. The summed E-state index contributed by atoms with van der Waals surface area (Å²) < 4.78 is 5.52. The van der Waals surface area contributed by atoms with E-state index in [0.717, 1.165) is 19.6 Å². The molecule has 3 heteroatoms. The van der Waals surface area contributed by atoms with Crippen LogP contribution in [0.3, 0.4) is 0 Å². The fraction of sp³-hybridized carbons (Fsp3) is 1.00. The first-order valence-electron chi connectivity index (χ1n) is 4.57. The minimum Gasteiger partial charge on any atom is -0.396 e. The van der Waals surface area contributed by atoms with Crippen LogP contribution < -0.4 is 0 Å². The van der Waals surface area contributed by atoms with E-state index in [0.29, 0.717) is 0 Å². The van der Waals surface area contributed by atoms with E-state index in [1.165, 1.54) is 0 Å². The lowest BCUT2D eigenvalue weighted by atomic mass is 10.1. The van der Waals surface area contributed by atoms with Crippen molar-refractivity contribution in [3.8, 4) is 0 Å². The lowest BCUT2D eigenvalue weighted by Crippen LogP contribution is -2.44. The Morgan fingerprint density at radius 1 is 1.58 bits per heavy atom. The molecular formula is C9H19NO2. The number of nitrogens with zero attached hydrogens (tertiary/aromatic N) is 1. The normalized spacial score (nSPS) is 29.5. The van der Waals surface area contributed by atoms with E-state index in [4.69, 9.17) is 9.84 Å². The zero-order valence-corrected chi connectivity index (χ0v) is 8.21. The van der Waals surface area contributed by atoms with Crippen molar-refractivity contribution in [3.05, 3.63) is 0 Å². The molecule has 1 saturated heterocycles. The van der Waals surface area contributed by atoms with Gasteiger partial charge in [-0.25, -0.2) is 0 Å². The van der Waals surface area contributed by atoms with Gasteiger partial charge in [0.2, 0.25) is 0 Å². The van der Waals surface area contributed by atoms with Crippen molar-refractivity contribution in [2.24, 2.45) is 0 Å². The highest BCUT2D eigenvalue weighted by atomic mass is 16.5. The molecular weight excluding hydrogens is 154 g/mol. The molecule has 1 rings (SSSR count). The number of aliphatic hydroxyl groups is 1. The Bertz CT molecular complexity index is 147. The van der Waals surface area contributed by atoms with Gasteiger partial charge in [0.15, 0.2) is 0 Å². The van der Waals surface area contributed by atoms with E-state index in [1.807, 2.05) is 0 Å². The molecule has 0 amide bonds. The summed E-state index contributed by atoms with van der Waals surface area (Å²) in [7, 11) is 0.